The van der Waals surface area contributed by atoms with Crippen LogP contribution in [-0.4, -0.2) is 38.6 Å². The van der Waals surface area contributed by atoms with Gasteiger partial charge in [0, 0.05) is 24.7 Å². The van der Waals surface area contributed by atoms with E-state index >= 15 is 0 Å². The molecule has 5 heteroatoms. The van der Waals surface area contributed by atoms with Gasteiger partial charge in [0.25, 0.3) is 0 Å². The first-order valence-corrected chi connectivity index (χ1v) is 10.4. The third kappa shape index (κ3) is 5.28. The number of carbonyl (C=O) groups excluding carboxylic acids is 1. The highest BCUT2D eigenvalue weighted by Crippen LogP contribution is 2.34. The van der Waals surface area contributed by atoms with Crippen molar-refractivity contribution >= 4 is 23.1 Å². The fraction of sp³-hybridized carbons (Fsp3) is 0.192. The molecule has 3 rings (SSSR count). The molecule has 0 saturated carbocycles. The van der Waals surface area contributed by atoms with Gasteiger partial charge in [0.05, 0.1) is 14.2 Å². The first kappa shape index (κ1) is 22.4. The van der Waals surface area contributed by atoms with Gasteiger partial charge in [-0.15, -0.1) is 0 Å². The smallest absolute Gasteiger partial charge is 0.246 e. The molecule has 31 heavy (non-hydrogen) atoms. The first-order chi connectivity index (χ1) is 15.0. The van der Waals surface area contributed by atoms with Crippen molar-refractivity contribution in [1.82, 2.24) is 4.90 Å². The number of methoxy groups -OCH3 is 2. The van der Waals surface area contributed by atoms with Crippen molar-refractivity contribution in [2.24, 2.45) is 0 Å². The highest BCUT2D eigenvalue weighted by atomic mass is 35.5. The molecule has 0 aliphatic rings. The molecular formula is C26H26ClNO3. The molecule has 0 unspecified atom stereocenters. The first-order valence-electron chi connectivity index (χ1n) is 10.0. The fourth-order valence-electron chi connectivity index (χ4n) is 3.21. The molecular weight excluding hydrogens is 410 g/mol. The number of nitrogens with zero attached hydrogens (tertiary/aromatic N) is 1. The Kier molecular flexibility index (Phi) is 7.37. The van der Waals surface area contributed by atoms with Gasteiger partial charge in [0.1, 0.15) is 0 Å². The molecule has 0 radical (unpaired) electrons. The highest BCUT2D eigenvalue weighted by molar-refractivity contribution is 6.30. The van der Waals surface area contributed by atoms with Crippen LogP contribution in [-0.2, 0) is 4.79 Å². The molecule has 0 atom stereocenters. The lowest BCUT2D eigenvalue weighted by molar-refractivity contribution is -0.124. The largest absolute Gasteiger partial charge is 0.493 e. The minimum absolute atomic E-state index is 0.0611. The lowest BCUT2D eigenvalue weighted by Crippen LogP contribution is -2.24. The van der Waals surface area contributed by atoms with Gasteiger partial charge < -0.3 is 14.4 Å². The van der Waals surface area contributed by atoms with Gasteiger partial charge in [-0.25, -0.2) is 0 Å². The maximum Gasteiger partial charge on any atom is 0.246 e. The van der Waals surface area contributed by atoms with Crippen molar-refractivity contribution in [2.75, 3.05) is 27.8 Å². The Morgan fingerprint density at radius 1 is 0.871 bits per heavy atom. The topological polar surface area (TPSA) is 38.8 Å². The third-order valence-corrected chi connectivity index (χ3v) is 5.44. The molecule has 0 N–H and O–H groups in total. The average molecular weight is 436 g/mol. The number of ether oxygens (including phenoxy) is 2. The molecule has 0 saturated heterocycles. The van der Waals surface area contributed by atoms with Crippen LogP contribution in [0.5, 0.6) is 11.5 Å². The van der Waals surface area contributed by atoms with Crippen LogP contribution in [0, 0.1) is 0 Å². The van der Waals surface area contributed by atoms with Crippen molar-refractivity contribution in [3.05, 3.63) is 89.0 Å². The summed E-state index contributed by atoms with van der Waals surface area (Å²) in [4.78, 5) is 14.4. The van der Waals surface area contributed by atoms with Gasteiger partial charge in [0.15, 0.2) is 11.5 Å². The van der Waals surface area contributed by atoms with Crippen molar-refractivity contribution < 1.29 is 14.3 Å². The number of amides is 1. The van der Waals surface area contributed by atoms with Gasteiger partial charge in [-0.1, -0.05) is 54.1 Å². The van der Waals surface area contributed by atoms with Gasteiger partial charge in [-0.05, 0) is 59.0 Å². The van der Waals surface area contributed by atoms with Crippen LogP contribution in [0.2, 0.25) is 5.02 Å². The summed E-state index contributed by atoms with van der Waals surface area (Å²) in [5, 5.41) is 0.706. The van der Waals surface area contributed by atoms with E-state index in [0.29, 0.717) is 23.1 Å². The predicted octanol–water partition coefficient (Wildman–Crippen LogP) is 5.93. The summed E-state index contributed by atoms with van der Waals surface area (Å²) in [5.41, 5.74) is 4.77. The Hall–Kier alpha value is -3.24. The van der Waals surface area contributed by atoms with E-state index in [4.69, 9.17) is 21.1 Å². The molecule has 0 aliphatic heterocycles. The Bertz CT molecular complexity index is 1070. The number of hydrogen-bond donors (Lipinski definition) is 0. The van der Waals surface area contributed by atoms with E-state index in [9.17, 15) is 4.79 Å². The molecule has 3 aromatic rings. The molecule has 160 valence electrons. The molecule has 1 amide bonds. The minimum Gasteiger partial charge on any atom is -0.493 e. The summed E-state index contributed by atoms with van der Waals surface area (Å²) in [6, 6.07) is 21.5. The molecule has 4 nitrogen and oxygen atoms in total. The molecule has 0 spiro atoms. The Morgan fingerprint density at radius 2 is 1.42 bits per heavy atom. The zero-order chi connectivity index (χ0) is 22.4. The van der Waals surface area contributed by atoms with E-state index in [-0.39, 0.29) is 5.91 Å². The van der Waals surface area contributed by atoms with E-state index in [1.165, 1.54) is 0 Å². The van der Waals surface area contributed by atoms with Crippen molar-refractivity contribution in [1.29, 1.82) is 0 Å². The molecule has 0 fully saturated rings. The SMILES string of the molecule is CCN(C)C(=O)C=C(c1ccc(-c2ccc(Cl)cc2)cc1)c1ccc(OC)c(OC)c1. The van der Waals surface area contributed by atoms with Crippen LogP contribution in [0.4, 0.5) is 0 Å². The Labute approximate surface area is 188 Å². The summed E-state index contributed by atoms with van der Waals surface area (Å²) in [7, 11) is 4.99. The molecule has 0 bridgehead atoms. The monoisotopic (exact) mass is 435 g/mol. The summed E-state index contributed by atoms with van der Waals surface area (Å²) in [6.07, 6.45) is 1.67. The second-order valence-electron chi connectivity index (χ2n) is 7.06. The summed E-state index contributed by atoms with van der Waals surface area (Å²) in [6.45, 7) is 2.58. The summed E-state index contributed by atoms with van der Waals surface area (Å²) in [5.74, 6) is 1.19. The number of carbonyl (C=O) groups is 1. The van der Waals surface area contributed by atoms with E-state index in [0.717, 1.165) is 27.8 Å². The summed E-state index contributed by atoms with van der Waals surface area (Å²) >= 11 is 6.00. The number of halogens is 1. The third-order valence-electron chi connectivity index (χ3n) is 5.19. The lowest BCUT2D eigenvalue weighted by atomic mass is 9.94. The normalized spacial score (nSPS) is 11.2. The second-order valence-corrected chi connectivity index (χ2v) is 7.50. The maximum atomic E-state index is 12.7. The van der Waals surface area contributed by atoms with Gasteiger partial charge in [-0.2, -0.15) is 0 Å². The number of rotatable bonds is 7. The molecule has 0 aliphatic carbocycles. The highest BCUT2D eigenvalue weighted by Gasteiger charge is 2.13. The van der Waals surface area contributed by atoms with E-state index < -0.39 is 0 Å². The van der Waals surface area contributed by atoms with E-state index in [2.05, 4.69) is 0 Å². The zero-order valence-electron chi connectivity index (χ0n) is 18.2. The number of hydrogen-bond acceptors (Lipinski definition) is 3. The Balaban J connectivity index is 2.05. The van der Waals surface area contributed by atoms with Crippen LogP contribution in [0.15, 0.2) is 72.8 Å². The van der Waals surface area contributed by atoms with Gasteiger partial charge in [-0.3, -0.25) is 4.79 Å². The number of likely N-dealkylation sites (N-methyl/N-ethyl adjacent to an activating group) is 1. The average Bonchev–Trinajstić information content (AvgIpc) is 2.82. The van der Waals surface area contributed by atoms with Crippen LogP contribution < -0.4 is 9.47 Å². The molecule has 0 heterocycles. The van der Waals surface area contributed by atoms with Crippen molar-refractivity contribution in [2.45, 2.75) is 6.92 Å². The quantitative estimate of drug-likeness (QED) is 0.431. The summed E-state index contributed by atoms with van der Waals surface area (Å²) < 4.78 is 10.8. The van der Waals surface area contributed by atoms with Crippen LogP contribution in [0.25, 0.3) is 16.7 Å². The standard InChI is InChI=1S/C26H26ClNO3/c1-5-28(2)26(29)17-23(21-12-15-24(30-3)25(16-21)31-4)20-8-6-18(7-9-20)19-10-13-22(27)14-11-19/h6-17H,5H2,1-4H3. The predicted molar refractivity (Wildman–Crippen MR) is 127 cm³/mol. The fourth-order valence-corrected chi connectivity index (χ4v) is 3.34. The lowest BCUT2D eigenvalue weighted by Gasteiger charge is -2.16. The van der Waals surface area contributed by atoms with Gasteiger partial charge >= 0.3 is 0 Å². The Morgan fingerprint density at radius 3 is 1.97 bits per heavy atom. The van der Waals surface area contributed by atoms with Crippen LogP contribution >= 0.6 is 11.6 Å². The minimum atomic E-state index is -0.0611. The molecule has 3 aromatic carbocycles. The van der Waals surface area contributed by atoms with Crippen molar-refractivity contribution in [3.63, 3.8) is 0 Å². The van der Waals surface area contributed by atoms with E-state index in [1.54, 1.807) is 32.2 Å². The molecule has 0 aromatic heterocycles. The zero-order valence-corrected chi connectivity index (χ0v) is 18.9. The maximum absolute atomic E-state index is 12.7. The second kappa shape index (κ2) is 10.2. The van der Waals surface area contributed by atoms with Gasteiger partial charge in [0.2, 0.25) is 5.91 Å². The number of benzene rings is 3. The van der Waals surface area contributed by atoms with E-state index in [1.807, 2.05) is 73.7 Å². The van der Waals surface area contributed by atoms with Crippen LogP contribution in [0.1, 0.15) is 18.1 Å². The van der Waals surface area contributed by atoms with Crippen molar-refractivity contribution in [3.8, 4) is 22.6 Å². The van der Waals surface area contributed by atoms with Crippen LogP contribution in [0.3, 0.4) is 0 Å².